The molecule has 2 rings (SSSR count). The molecule has 1 aliphatic heterocycles. The summed E-state index contributed by atoms with van der Waals surface area (Å²) in [5.41, 5.74) is 0.653. The number of nitro groups is 1. The fraction of sp³-hybridized carbons (Fsp3) is 0.538. The standard InChI is InChI=1S/C13H18N2O3/c16-13(9-11-5-1-2-7-14-11)10-4-3-6-12(8-10)15(17)18/h3-4,6,8,11,13-14,16H,1-2,5,7,9H2. The highest BCUT2D eigenvalue weighted by atomic mass is 16.6. The van der Waals surface area contributed by atoms with Crippen molar-refractivity contribution < 1.29 is 10.0 Å². The molecule has 0 aromatic heterocycles. The molecule has 0 amide bonds. The van der Waals surface area contributed by atoms with E-state index in [1.807, 2.05) is 0 Å². The van der Waals surface area contributed by atoms with Crippen LogP contribution in [0, 0.1) is 10.1 Å². The van der Waals surface area contributed by atoms with Gasteiger partial charge in [-0.15, -0.1) is 0 Å². The SMILES string of the molecule is O=[N+]([O-])c1cccc(C(O)CC2CCCCN2)c1. The molecule has 18 heavy (non-hydrogen) atoms. The summed E-state index contributed by atoms with van der Waals surface area (Å²) in [5, 5.41) is 24.2. The van der Waals surface area contributed by atoms with Crippen LogP contribution in [-0.4, -0.2) is 22.6 Å². The second-order valence-corrected chi connectivity index (χ2v) is 4.75. The third kappa shape index (κ3) is 3.27. The number of non-ortho nitro benzene ring substituents is 1. The molecule has 0 spiro atoms. The molecule has 1 heterocycles. The van der Waals surface area contributed by atoms with Gasteiger partial charge >= 0.3 is 0 Å². The van der Waals surface area contributed by atoms with Gasteiger partial charge in [0.05, 0.1) is 11.0 Å². The van der Waals surface area contributed by atoms with Crippen LogP contribution in [0.2, 0.25) is 0 Å². The van der Waals surface area contributed by atoms with Crippen LogP contribution in [0.25, 0.3) is 0 Å². The largest absolute Gasteiger partial charge is 0.388 e. The molecular weight excluding hydrogens is 232 g/mol. The third-order valence-corrected chi connectivity index (χ3v) is 3.39. The first kappa shape index (κ1) is 13.0. The molecule has 0 radical (unpaired) electrons. The molecule has 2 N–H and O–H groups in total. The first-order valence-corrected chi connectivity index (χ1v) is 6.32. The fourth-order valence-corrected chi connectivity index (χ4v) is 2.38. The van der Waals surface area contributed by atoms with Crippen molar-refractivity contribution in [1.29, 1.82) is 0 Å². The summed E-state index contributed by atoms with van der Waals surface area (Å²) in [7, 11) is 0. The Hall–Kier alpha value is -1.46. The van der Waals surface area contributed by atoms with Crippen molar-refractivity contribution in [3.05, 3.63) is 39.9 Å². The maximum Gasteiger partial charge on any atom is 0.269 e. The lowest BCUT2D eigenvalue weighted by molar-refractivity contribution is -0.385. The maximum absolute atomic E-state index is 10.7. The molecule has 2 unspecified atom stereocenters. The van der Waals surface area contributed by atoms with E-state index in [0.717, 1.165) is 13.0 Å². The van der Waals surface area contributed by atoms with Crippen LogP contribution in [0.5, 0.6) is 0 Å². The van der Waals surface area contributed by atoms with Crippen molar-refractivity contribution in [3.8, 4) is 0 Å². The number of benzene rings is 1. The van der Waals surface area contributed by atoms with Crippen molar-refractivity contribution in [1.82, 2.24) is 5.32 Å². The zero-order valence-electron chi connectivity index (χ0n) is 10.2. The van der Waals surface area contributed by atoms with Crippen molar-refractivity contribution in [2.24, 2.45) is 0 Å². The molecule has 98 valence electrons. The number of hydrogen-bond donors (Lipinski definition) is 2. The molecule has 2 atom stereocenters. The first-order chi connectivity index (χ1) is 8.66. The topological polar surface area (TPSA) is 75.4 Å². The number of hydrogen-bond acceptors (Lipinski definition) is 4. The van der Waals surface area contributed by atoms with Gasteiger partial charge in [-0.25, -0.2) is 0 Å². The molecule has 1 aliphatic rings. The molecule has 1 saturated heterocycles. The summed E-state index contributed by atoms with van der Waals surface area (Å²) in [6.07, 6.45) is 3.40. The summed E-state index contributed by atoms with van der Waals surface area (Å²) in [6, 6.07) is 6.56. The highest BCUT2D eigenvalue weighted by Gasteiger charge is 2.19. The average molecular weight is 250 g/mol. The van der Waals surface area contributed by atoms with Crippen molar-refractivity contribution >= 4 is 5.69 Å². The fourth-order valence-electron chi connectivity index (χ4n) is 2.38. The molecular formula is C13H18N2O3. The third-order valence-electron chi connectivity index (χ3n) is 3.39. The summed E-state index contributed by atoms with van der Waals surface area (Å²) in [6.45, 7) is 0.992. The monoisotopic (exact) mass is 250 g/mol. The summed E-state index contributed by atoms with van der Waals surface area (Å²) < 4.78 is 0. The van der Waals surface area contributed by atoms with E-state index >= 15 is 0 Å². The van der Waals surface area contributed by atoms with E-state index in [2.05, 4.69) is 5.32 Å². The second kappa shape index (κ2) is 5.93. The lowest BCUT2D eigenvalue weighted by Gasteiger charge is -2.25. The maximum atomic E-state index is 10.7. The summed E-state index contributed by atoms with van der Waals surface area (Å²) in [5.74, 6) is 0. The van der Waals surface area contributed by atoms with E-state index in [-0.39, 0.29) is 5.69 Å². The Balaban J connectivity index is 2.01. The summed E-state index contributed by atoms with van der Waals surface area (Å²) in [4.78, 5) is 10.2. The lowest BCUT2D eigenvalue weighted by atomic mass is 9.96. The predicted molar refractivity (Wildman–Crippen MR) is 68.3 cm³/mol. The summed E-state index contributed by atoms with van der Waals surface area (Å²) >= 11 is 0. The van der Waals surface area contributed by atoms with Crippen LogP contribution in [-0.2, 0) is 0 Å². The number of aliphatic hydroxyl groups excluding tert-OH is 1. The van der Waals surface area contributed by atoms with E-state index in [1.54, 1.807) is 12.1 Å². The number of nitrogens with one attached hydrogen (secondary N) is 1. The first-order valence-electron chi connectivity index (χ1n) is 6.32. The molecule has 1 aromatic carbocycles. The zero-order chi connectivity index (χ0) is 13.0. The number of piperidine rings is 1. The molecule has 1 fully saturated rings. The predicted octanol–water partition coefficient (Wildman–Crippen LogP) is 2.16. The normalized spacial score (nSPS) is 21.5. The number of rotatable bonds is 4. The Morgan fingerprint density at radius 1 is 1.50 bits per heavy atom. The number of nitro benzene ring substituents is 1. The van der Waals surface area contributed by atoms with E-state index in [4.69, 9.17) is 0 Å². The molecule has 5 heteroatoms. The van der Waals surface area contributed by atoms with Crippen molar-refractivity contribution in [2.45, 2.75) is 37.8 Å². The minimum absolute atomic E-state index is 0.0307. The quantitative estimate of drug-likeness (QED) is 0.634. The Morgan fingerprint density at radius 2 is 2.33 bits per heavy atom. The van der Waals surface area contributed by atoms with Crippen LogP contribution < -0.4 is 5.32 Å². The Morgan fingerprint density at radius 3 is 3.00 bits per heavy atom. The van der Waals surface area contributed by atoms with E-state index in [0.29, 0.717) is 18.0 Å². The van der Waals surface area contributed by atoms with Gasteiger partial charge in [-0.2, -0.15) is 0 Å². The lowest BCUT2D eigenvalue weighted by Crippen LogP contribution is -2.35. The van der Waals surface area contributed by atoms with Crippen LogP contribution >= 0.6 is 0 Å². The molecule has 1 aromatic rings. The van der Waals surface area contributed by atoms with Crippen LogP contribution in [0.1, 0.15) is 37.4 Å². The van der Waals surface area contributed by atoms with Crippen molar-refractivity contribution in [2.75, 3.05) is 6.54 Å². The van der Waals surface area contributed by atoms with E-state index < -0.39 is 11.0 Å². The second-order valence-electron chi connectivity index (χ2n) is 4.75. The highest BCUT2D eigenvalue weighted by molar-refractivity contribution is 5.35. The van der Waals surface area contributed by atoms with Gasteiger partial charge < -0.3 is 10.4 Å². The van der Waals surface area contributed by atoms with Crippen molar-refractivity contribution in [3.63, 3.8) is 0 Å². The smallest absolute Gasteiger partial charge is 0.269 e. The van der Waals surface area contributed by atoms with Gasteiger partial charge in [0.2, 0.25) is 0 Å². The van der Waals surface area contributed by atoms with E-state index in [1.165, 1.54) is 25.0 Å². The number of nitrogens with zero attached hydrogens (tertiary/aromatic N) is 1. The van der Waals surface area contributed by atoms with Gasteiger partial charge in [0, 0.05) is 18.2 Å². The van der Waals surface area contributed by atoms with Gasteiger partial charge in [0.15, 0.2) is 0 Å². The Labute approximate surface area is 106 Å². The van der Waals surface area contributed by atoms with Crippen LogP contribution in [0.15, 0.2) is 24.3 Å². The molecule has 0 aliphatic carbocycles. The molecule has 0 saturated carbocycles. The molecule has 0 bridgehead atoms. The van der Waals surface area contributed by atoms with Crippen LogP contribution in [0.4, 0.5) is 5.69 Å². The van der Waals surface area contributed by atoms with Gasteiger partial charge in [-0.05, 0) is 31.4 Å². The number of aliphatic hydroxyl groups is 1. The van der Waals surface area contributed by atoms with Gasteiger partial charge in [-0.3, -0.25) is 10.1 Å². The van der Waals surface area contributed by atoms with E-state index in [9.17, 15) is 15.2 Å². The van der Waals surface area contributed by atoms with Gasteiger partial charge in [0.1, 0.15) is 0 Å². The Bertz CT molecular complexity index is 416. The highest BCUT2D eigenvalue weighted by Crippen LogP contribution is 2.24. The minimum Gasteiger partial charge on any atom is -0.388 e. The average Bonchev–Trinajstić information content (AvgIpc) is 2.40. The zero-order valence-corrected chi connectivity index (χ0v) is 10.2. The minimum atomic E-state index is -0.638. The molecule has 5 nitrogen and oxygen atoms in total. The van der Waals surface area contributed by atoms with Gasteiger partial charge in [0.25, 0.3) is 5.69 Å². The van der Waals surface area contributed by atoms with Gasteiger partial charge in [-0.1, -0.05) is 18.6 Å². The Kier molecular flexibility index (Phi) is 4.28. The van der Waals surface area contributed by atoms with Crippen LogP contribution in [0.3, 0.4) is 0 Å².